The van der Waals surface area contributed by atoms with Crippen LogP contribution in [-0.2, 0) is 0 Å². The fraction of sp³-hybridized carbons (Fsp3) is 0.333. The lowest BCUT2D eigenvalue weighted by molar-refractivity contribution is 0.238. The Morgan fingerprint density at radius 1 is 1.29 bits per heavy atom. The first-order valence-corrected chi connectivity index (χ1v) is 7.89. The Bertz CT molecular complexity index is 314. The lowest BCUT2D eigenvalue weighted by Gasteiger charge is -2.27. The summed E-state index contributed by atoms with van der Waals surface area (Å²) in [5, 5.41) is 11.9. The van der Waals surface area contributed by atoms with E-state index in [1.54, 1.807) is 6.92 Å². The first kappa shape index (κ1) is 11.2. The van der Waals surface area contributed by atoms with Crippen molar-refractivity contribution in [1.82, 2.24) is 0 Å². The molecule has 14 heavy (non-hydrogen) atoms. The molecule has 0 saturated carbocycles. The minimum absolute atomic E-state index is 0.406. The molecule has 0 amide bonds. The highest BCUT2D eigenvalue weighted by Gasteiger charge is 2.28. The topological polar surface area (TPSA) is 20.2 Å². The molecule has 76 valence electrons. The highest BCUT2D eigenvalue weighted by molar-refractivity contribution is 6.95. The van der Waals surface area contributed by atoms with E-state index in [0.29, 0.717) is 0 Å². The van der Waals surface area contributed by atoms with Crippen molar-refractivity contribution in [3.8, 4) is 0 Å². The molecule has 1 nitrogen and oxygen atoms in total. The molecule has 0 aromatic heterocycles. The third-order valence-electron chi connectivity index (χ3n) is 2.80. The molecule has 0 aliphatic heterocycles. The number of rotatable bonds is 3. The Balaban J connectivity index is 3.02. The van der Waals surface area contributed by atoms with E-state index in [4.69, 9.17) is 0 Å². The fourth-order valence-electron chi connectivity index (χ4n) is 1.56. The maximum atomic E-state index is 9.55. The van der Waals surface area contributed by atoms with Crippen LogP contribution >= 0.6 is 0 Å². The molecule has 0 aliphatic rings. The minimum atomic E-state index is -1.69. The Morgan fingerprint density at radius 3 is 2.21 bits per heavy atom. The summed E-state index contributed by atoms with van der Waals surface area (Å²) in [7, 11) is -1.69. The minimum Gasteiger partial charge on any atom is -0.389 e. The van der Waals surface area contributed by atoms with Crippen molar-refractivity contribution >= 4 is 13.3 Å². The molecular weight excluding hydrogens is 188 g/mol. The number of aliphatic hydroxyl groups excluding tert-OH is 1. The van der Waals surface area contributed by atoms with Gasteiger partial charge in [0.15, 0.2) is 0 Å². The summed E-state index contributed by atoms with van der Waals surface area (Å²) in [6, 6.07) is 10.3. The summed E-state index contributed by atoms with van der Waals surface area (Å²) in [4.78, 5) is 0. The third kappa shape index (κ3) is 2.14. The van der Waals surface area contributed by atoms with Crippen molar-refractivity contribution in [3.63, 3.8) is 0 Å². The van der Waals surface area contributed by atoms with Crippen LogP contribution < -0.4 is 5.19 Å². The second-order valence-electron chi connectivity index (χ2n) is 4.19. The van der Waals surface area contributed by atoms with Crippen LogP contribution in [0, 0.1) is 0 Å². The van der Waals surface area contributed by atoms with E-state index in [1.165, 1.54) is 5.19 Å². The average Bonchev–Trinajstić information content (AvgIpc) is 2.18. The van der Waals surface area contributed by atoms with Crippen LogP contribution in [0.25, 0.3) is 0 Å². The van der Waals surface area contributed by atoms with Crippen LogP contribution in [0.15, 0.2) is 42.1 Å². The zero-order chi connectivity index (χ0) is 10.8. The monoisotopic (exact) mass is 206 g/mol. The average molecular weight is 206 g/mol. The Labute approximate surface area is 87.1 Å². The maximum absolute atomic E-state index is 9.55. The summed E-state index contributed by atoms with van der Waals surface area (Å²) in [6.45, 7) is 10.2. The van der Waals surface area contributed by atoms with Crippen LogP contribution in [0.2, 0.25) is 13.1 Å². The van der Waals surface area contributed by atoms with Gasteiger partial charge < -0.3 is 5.11 Å². The SMILES string of the molecule is C=C([C@@H](C)O)[Si](C)(C)c1ccccc1. The molecule has 0 bridgehead atoms. The first-order chi connectivity index (χ1) is 6.46. The molecule has 0 unspecified atom stereocenters. The van der Waals surface area contributed by atoms with E-state index >= 15 is 0 Å². The van der Waals surface area contributed by atoms with E-state index in [2.05, 4.69) is 31.8 Å². The smallest absolute Gasteiger partial charge is 0.110 e. The Kier molecular flexibility index (Phi) is 3.29. The predicted octanol–water partition coefficient (Wildman–Crippen LogP) is 2.08. The van der Waals surface area contributed by atoms with E-state index < -0.39 is 14.2 Å². The summed E-state index contributed by atoms with van der Waals surface area (Å²) < 4.78 is 0. The number of hydrogen-bond donors (Lipinski definition) is 1. The normalized spacial score (nSPS) is 13.7. The van der Waals surface area contributed by atoms with Crippen molar-refractivity contribution in [2.24, 2.45) is 0 Å². The molecule has 0 saturated heterocycles. The second kappa shape index (κ2) is 4.11. The van der Waals surface area contributed by atoms with Gasteiger partial charge in [0, 0.05) is 0 Å². The van der Waals surface area contributed by atoms with Gasteiger partial charge in [-0.1, -0.05) is 53.8 Å². The van der Waals surface area contributed by atoms with Crippen LogP contribution in [0.5, 0.6) is 0 Å². The molecular formula is C12H18OSi. The van der Waals surface area contributed by atoms with Crippen LogP contribution in [0.1, 0.15) is 6.92 Å². The molecule has 1 rings (SSSR count). The number of benzene rings is 1. The van der Waals surface area contributed by atoms with Gasteiger partial charge in [0.2, 0.25) is 0 Å². The molecule has 1 aromatic carbocycles. The maximum Gasteiger partial charge on any atom is 0.110 e. The largest absolute Gasteiger partial charge is 0.389 e. The molecule has 1 aromatic rings. The van der Waals surface area contributed by atoms with Gasteiger partial charge in [0.25, 0.3) is 0 Å². The van der Waals surface area contributed by atoms with E-state index in [9.17, 15) is 5.11 Å². The van der Waals surface area contributed by atoms with E-state index in [0.717, 1.165) is 5.20 Å². The van der Waals surface area contributed by atoms with Gasteiger partial charge in [-0.2, -0.15) is 0 Å². The number of aliphatic hydroxyl groups is 1. The predicted molar refractivity (Wildman–Crippen MR) is 64.4 cm³/mol. The molecule has 1 atom stereocenters. The van der Waals surface area contributed by atoms with Gasteiger partial charge in [-0.15, -0.1) is 6.58 Å². The van der Waals surface area contributed by atoms with Crippen LogP contribution in [-0.4, -0.2) is 19.3 Å². The molecule has 0 spiro atoms. The summed E-state index contributed by atoms with van der Waals surface area (Å²) in [6.07, 6.45) is -0.406. The lowest BCUT2D eigenvalue weighted by atomic mass is 10.4. The van der Waals surface area contributed by atoms with E-state index in [-0.39, 0.29) is 0 Å². The highest BCUT2D eigenvalue weighted by Crippen LogP contribution is 2.16. The standard InChI is InChI=1S/C12H18OSi/c1-10(13)11(2)14(3,4)12-8-6-5-7-9-12/h5-10,13H,2H2,1,3-4H3/t10-/m1/s1. The Hall–Kier alpha value is -0.863. The van der Waals surface area contributed by atoms with E-state index in [1.807, 2.05) is 18.2 Å². The summed E-state index contributed by atoms with van der Waals surface area (Å²) >= 11 is 0. The van der Waals surface area contributed by atoms with Gasteiger partial charge in [-0.05, 0) is 6.92 Å². The molecule has 0 fully saturated rings. The summed E-state index contributed by atoms with van der Waals surface area (Å²) in [5.74, 6) is 0. The van der Waals surface area contributed by atoms with Crippen molar-refractivity contribution in [1.29, 1.82) is 0 Å². The fourth-order valence-corrected chi connectivity index (χ4v) is 4.00. The van der Waals surface area contributed by atoms with Crippen molar-refractivity contribution in [2.45, 2.75) is 26.1 Å². The van der Waals surface area contributed by atoms with Crippen LogP contribution in [0.4, 0.5) is 0 Å². The molecule has 2 heteroatoms. The summed E-state index contributed by atoms with van der Waals surface area (Å²) in [5.41, 5.74) is 0. The van der Waals surface area contributed by atoms with Crippen molar-refractivity contribution < 1.29 is 5.11 Å². The van der Waals surface area contributed by atoms with Gasteiger partial charge >= 0.3 is 0 Å². The zero-order valence-corrected chi connectivity index (χ0v) is 10.1. The quantitative estimate of drug-likeness (QED) is 0.751. The van der Waals surface area contributed by atoms with Crippen molar-refractivity contribution in [2.75, 3.05) is 0 Å². The highest BCUT2D eigenvalue weighted by atomic mass is 28.3. The van der Waals surface area contributed by atoms with Gasteiger partial charge in [-0.3, -0.25) is 0 Å². The second-order valence-corrected chi connectivity index (χ2v) is 8.66. The van der Waals surface area contributed by atoms with Crippen molar-refractivity contribution in [3.05, 3.63) is 42.1 Å². The third-order valence-corrected chi connectivity index (χ3v) is 6.60. The molecule has 0 radical (unpaired) electrons. The molecule has 0 heterocycles. The first-order valence-electron chi connectivity index (χ1n) is 4.89. The number of hydrogen-bond acceptors (Lipinski definition) is 1. The zero-order valence-electron chi connectivity index (χ0n) is 9.12. The lowest BCUT2D eigenvalue weighted by Crippen LogP contribution is -2.46. The molecule has 1 N–H and O–H groups in total. The van der Waals surface area contributed by atoms with Gasteiger partial charge in [0.1, 0.15) is 8.07 Å². The van der Waals surface area contributed by atoms with Crippen LogP contribution in [0.3, 0.4) is 0 Å². The molecule has 0 aliphatic carbocycles. The van der Waals surface area contributed by atoms with Gasteiger partial charge in [0.05, 0.1) is 6.10 Å². The van der Waals surface area contributed by atoms with Gasteiger partial charge in [-0.25, -0.2) is 0 Å². The Morgan fingerprint density at radius 2 is 1.79 bits per heavy atom.